The van der Waals surface area contributed by atoms with Gasteiger partial charge in [-0.3, -0.25) is 15.6 Å². The van der Waals surface area contributed by atoms with E-state index in [1.807, 2.05) is 5.43 Å². The van der Waals surface area contributed by atoms with Crippen LogP contribution in [-0.4, -0.2) is 17.0 Å². The van der Waals surface area contributed by atoms with E-state index in [0.717, 1.165) is 0 Å². The van der Waals surface area contributed by atoms with E-state index < -0.39 is 11.9 Å². The molecule has 1 rings (SSSR count). The third-order valence-corrected chi connectivity index (χ3v) is 1.98. The third kappa shape index (κ3) is 3.30. The van der Waals surface area contributed by atoms with Gasteiger partial charge in [-0.15, -0.1) is 0 Å². The summed E-state index contributed by atoms with van der Waals surface area (Å²) < 4.78 is 0. The molecule has 0 saturated carbocycles. The van der Waals surface area contributed by atoms with Crippen molar-refractivity contribution in [1.29, 1.82) is 0 Å². The van der Waals surface area contributed by atoms with Crippen LogP contribution in [-0.2, 0) is 9.59 Å². The molecule has 3 N–H and O–H groups in total. The minimum absolute atomic E-state index is 0.271. The molecule has 15 heavy (non-hydrogen) atoms. The molecule has 0 heterocycles. The van der Waals surface area contributed by atoms with E-state index >= 15 is 0 Å². The van der Waals surface area contributed by atoms with Gasteiger partial charge in [0.05, 0.1) is 10.7 Å². The van der Waals surface area contributed by atoms with Gasteiger partial charge in [0.1, 0.15) is 0 Å². The normalized spacial score (nSPS) is 9.47. The largest absolute Gasteiger partial charge is 0.474 e. The molecule has 1 amide bonds. The smallest absolute Gasteiger partial charge is 0.396 e. The summed E-state index contributed by atoms with van der Waals surface area (Å²) in [6.07, 6.45) is 0. The highest BCUT2D eigenvalue weighted by Gasteiger charge is 2.10. The van der Waals surface area contributed by atoms with Gasteiger partial charge in [0, 0.05) is 5.02 Å². The minimum Gasteiger partial charge on any atom is -0.474 e. The number of carboxylic acid groups (broad SMARTS) is 1. The molecule has 0 aliphatic rings. The molecule has 0 fully saturated rings. The molecule has 0 radical (unpaired) electrons. The number of anilines is 1. The average Bonchev–Trinajstić information content (AvgIpc) is 2.15. The molecule has 80 valence electrons. The van der Waals surface area contributed by atoms with Crippen molar-refractivity contribution in [2.75, 3.05) is 5.43 Å². The van der Waals surface area contributed by atoms with Crippen LogP contribution in [0.25, 0.3) is 0 Å². The molecule has 1 aromatic carbocycles. The summed E-state index contributed by atoms with van der Waals surface area (Å²) in [4.78, 5) is 20.8. The highest BCUT2D eigenvalue weighted by Crippen LogP contribution is 2.24. The lowest BCUT2D eigenvalue weighted by Crippen LogP contribution is -2.35. The van der Waals surface area contributed by atoms with Crippen molar-refractivity contribution in [1.82, 2.24) is 5.43 Å². The van der Waals surface area contributed by atoms with Crippen molar-refractivity contribution in [3.63, 3.8) is 0 Å². The average molecular weight is 249 g/mol. The Bertz CT molecular complexity index is 409. The van der Waals surface area contributed by atoms with E-state index in [2.05, 4.69) is 5.43 Å². The monoisotopic (exact) mass is 248 g/mol. The number of carbonyl (C=O) groups excluding carboxylic acids is 1. The lowest BCUT2D eigenvalue weighted by Gasteiger charge is -2.07. The fraction of sp³-hybridized carbons (Fsp3) is 0. The number of carboxylic acids is 1. The van der Waals surface area contributed by atoms with Crippen LogP contribution < -0.4 is 10.9 Å². The summed E-state index contributed by atoms with van der Waals surface area (Å²) in [5.41, 5.74) is 4.65. The van der Waals surface area contributed by atoms with Crippen LogP contribution in [0.4, 0.5) is 5.69 Å². The Hall–Kier alpha value is -1.46. The second-order valence-corrected chi connectivity index (χ2v) is 3.35. The van der Waals surface area contributed by atoms with E-state index in [0.29, 0.717) is 10.7 Å². The predicted molar refractivity (Wildman–Crippen MR) is 55.9 cm³/mol. The summed E-state index contributed by atoms with van der Waals surface area (Å²) in [6, 6.07) is 4.51. The maximum Gasteiger partial charge on any atom is 0.396 e. The van der Waals surface area contributed by atoms with E-state index in [9.17, 15) is 9.59 Å². The number of hydrogen-bond acceptors (Lipinski definition) is 3. The molecular weight excluding hydrogens is 243 g/mol. The lowest BCUT2D eigenvalue weighted by atomic mass is 10.3. The number of amides is 1. The first kappa shape index (κ1) is 11.6. The molecule has 0 aromatic heterocycles. The van der Waals surface area contributed by atoms with Crippen molar-refractivity contribution >= 4 is 40.8 Å². The number of halogens is 2. The molecule has 1 aromatic rings. The van der Waals surface area contributed by atoms with Gasteiger partial charge in [0.2, 0.25) is 0 Å². The second kappa shape index (κ2) is 4.86. The number of nitrogens with one attached hydrogen (secondary N) is 2. The molecule has 0 unspecified atom stereocenters. The zero-order chi connectivity index (χ0) is 11.4. The lowest BCUT2D eigenvalue weighted by molar-refractivity contribution is -0.149. The first-order valence-corrected chi connectivity index (χ1v) is 4.50. The molecule has 0 atom stereocenters. The predicted octanol–water partition coefficient (Wildman–Crippen LogP) is 1.52. The number of hydrogen-bond donors (Lipinski definition) is 3. The fourth-order valence-corrected chi connectivity index (χ4v) is 1.22. The number of rotatable bonds is 2. The molecule has 0 saturated heterocycles. The second-order valence-electron chi connectivity index (χ2n) is 2.51. The maximum atomic E-state index is 10.7. The van der Waals surface area contributed by atoms with Crippen LogP contribution in [0.2, 0.25) is 10.0 Å². The van der Waals surface area contributed by atoms with Crippen molar-refractivity contribution in [3.8, 4) is 0 Å². The number of benzene rings is 1. The van der Waals surface area contributed by atoms with E-state index in [1.165, 1.54) is 12.1 Å². The molecule has 0 spiro atoms. The van der Waals surface area contributed by atoms with Crippen LogP contribution in [0.15, 0.2) is 18.2 Å². The third-order valence-electron chi connectivity index (χ3n) is 1.44. The summed E-state index contributed by atoms with van der Waals surface area (Å²) in [5.74, 6) is -2.77. The minimum atomic E-state index is -1.59. The van der Waals surface area contributed by atoms with Crippen LogP contribution in [0, 0.1) is 0 Å². The van der Waals surface area contributed by atoms with Gasteiger partial charge in [-0.2, -0.15) is 0 Å². The summed E-state index contributed by atoms with van der Waals surface area (Å²) in [6.45, 7) is 0. The highest BCUT2D eigenvalue weighted by atomic mass is 35.5. The van der Waals surface area contributed by atoms with Crippen LogP contribution >= 0.6 is 23.2 Å². The molecule has 7 heteroatoms. The van der Waals surface area contributed by atoms with Gasteiger partial charge >= 0.3 is 11.9 Å². The number of aliphatic carboxylic acids is 1. The van der Waals surface area contributed by atoms with Crippen molar-refractivity contribution in [3.05, 3.63) is 28.2 Å². The summed E-state index contributed by atoms with van der Waals surface area (Å²) >= 11 is 11.4. The van der Waals surface area contributed by atoms with Gasteiger partial charge in [0.15, 0.2) is 0 Å². The number of carbonyl (C=O) groups is 2. The van der Waals surface area contributed by atoms with E-state index in [4.69, 9.17) is 28.3 Å². The van der Waals surface area contributed by atoms with Crippen LogP contribution in [0.1, 0.15) is 0 Å². The summed E-state index contributed by atoms with van der Waals surface area (Å²) in [5, 5.41) is 8.98. The fourth-order valence-electron chi connectivity index (χ4n) is 0.768. The SMILES string of the molecule is O=C(O)C(=O)NNc1ccc(Cl)cc1Cl. The Morgan fingerprint density at radius 2 is 1.93 bits per heavy atom. The number of hydrazine groups is 1. The maximum absolute atomic E-state index is 10.7. The van der Waals surface area contributed by atoms with Crippen molar-refractivity contribution < 1.29 is 14.7 Å². The zero-order valence-corrected chi connectivity index (χ0v) is 8.76. The van der Waals surface area contributed by atoms with Gasteiger partial charge in [-0.25, -0.2) is 4.79 Å². The van der Waals surface area contributed by atoms with Crippen LogP contribution in [0.5, 0.6) is 0 Å². The Labute approximate surface area is 95.0 Å². The Kier molecular flexibility index (Phi) is 3.76. The Morgan fingerprint density at radius 1 is 1.27 bits per heavy atom. The molecule has 0 aliphatic heterocycles. The van der Waals surface area contributed by atoms with Gasteiger partial charge in [-0.1, -0.05) is 23.2 Å². The van der Waals surface area contributed by atoms with Gasteiger partial charge < -0.3 is 5.11 Å². The van der Waals surface area contributed by atoms with Gasteiger partial charge in [0.25, 0.3) is 0 Å². The Balaban J connectivity index is 2.66. The first-order chi connectivity index (χ1) is 7.00. The topological polar surface area (TPSA) is 78.4 Å². The molecule has 5 nitrogen and oxygen atoms in total. The summed E-state index contributed by atoms with van der Waals surface area (Å²) in [7, 11) is 0. The van der Waals surface area contributed by atoms with Crippen molar-refractivity contribution in [2.24, 2.45) is 0 Å². The highest BCUT2D eigenvalue weighted by molar-refractivity contribution is 6.36. The van der Waals surface area contributed by atoms with E-state index in [1.54, 1.807) is 6.07 Å². The molecule has 0 bridgehead atoms. The first-order valence-electron chi connectivity index (χ1n) is 3.75. The zero-order valence-electron chi connectivity index (χ0n) is 7.25. The Morgan fingerprint density at radius 3 is 2.47 bits per heavy atom. The molecule has 0 aliphatic carbocycles. The van der Waals surface area contributed by atoms with Crippen LogP contribution in [0.3, 0.4) is 0 Å². The quantitative estimate of drug-likeness (QED) is 0.548. The molecular formula is C8H6Cl2N2O3. The standard InChI is InChI=1S/C8H6Cl2N2O3/c9-4-1-2-6(5(10)3-4)11-12-7(13)8(14)15/h1-3,11H,(H,12,13)(H,14,15). The van der Waals surface area contributed by atoms with Gasteiger partial charge in [-0.05, 0) is 18.2 Å². The van der Waals surface area contributed by atoms with E-state index in [-0.39, 0.29) is 5.02 Å². The van der Waals surface area contributed by atoms with Crippen molar-refractivity contribution in [2.45, 2.75) is 0 Å².